The van der Waals surface area contributed by atoms with Crippen molar-refractivity contribution in [2.75, 3.05) is 13.7 Å². The summed E-state index contributed by atoms with van der Waals surface area (Å²) in [6, 6.07) is 15.9. The van der Waals surface area contributed by atoms with Crippen LogP contribution in [0.2, 0.25) is 0 Å². The standard InChI is InChI=1S/C23H25N3O3/c1-4-16-5-7-18(8-6-16)23-24-22(25-29-23)19-13-21(27)26(14-19)15(2)17-9-11-20(28-3)12-10-17/h5-12,15,19H,4,13-14H2,1-3H3. The zero-order valence-corrected chi connectivity index (χ0v) is 17.0. The van der Waals surface area contributed by atoms with Crippen LogP contribution in [-0.4, -0.2) is 34.6 Å². The van der Waals surface area contributed by atoms with Crippen LogP contribution in [0.3, 0.4) is 0 Å². The third-order valence-corrected chi connectivity index (χ3v) is 5.64. The van der Waals surface area contributed by atoms with Gasteiger partial charge in [-0.05, 0) is 48.7 Å². The summed E-state index contributed by atoms with van der Waals surface area (Å²) >= 11 is 0. The first kappa shape index (κ1) is 19.2. The smallest absolute Gasteiger partial charge is 0.257 e. The second-order valence-corrected chi connectivity index (χ2v) is 7.40. The number of nitrogens with zero attached hydrogens (tertiary/aromatic N) is 3. The van der Waals surface area contributed by atoms with Gasteiger partial charge < -0.3 is 14.2 Å². The summed E-state index contributed by atoms with van der Waals surface area (Å²) < 4.78 is 10.7. The fraction of sp³-hybridized carbons (Fsp3) is 0.348. The Morgan fingerprint density at radius 1 is 1.17 bits per heavy atom. The summed E-state index contributed by atoms with van der Waals surface area (Å²) in [4.78, 5) is 19.1. The van der Waals surface area contributed by atoms with Gasteiger partial charge in [-0.15, -0.1) is 0 Å². The average molecular weight is 391 g/mol. The molecule has 150 valence electrons. The van der Waals surface area contributed by atoms with Crippen LogP contribution in [-0.2, 0) is 11.2 Å². The Balaban J connectivity index is 1.48. The second-order valence-electron chi connectivity index (χ2n) is 7.40. The van der Waals surface area contributed by atoms with Gasteiger partial charge in [0.15, 0.2) is 5.82 Å². The molecule has 4 rings (SSSR count). The highest BCUT2D eigenvalue weighted by atomic mass is 16.5. The molecule has 0 bridgehead atoms. The van der Waals surface area contributed by atoms with E-state index < -0.39 is 0 Å². The summed E-state index contributed by atoms with van der Waals surface area (Å²) in [5.41, 5.74) is 3.23. The third-order valence-electron chi connectivity index (χ3n) is 5.64. The number of amides is 1. The zero-order chi connectivity index (χ0) is 20.4. The molecule has 6 heteroatoms. The Bertz CT molecular complexity index is 979. The topological polar surface area (TPSA) is 68.5 Å². The van der Waals surface area contributed by atoms with Gasteiger partial charge in [0, 0.05) is 24.4 Å². The second kappa shape index (κ2) is 8.07. The number of carbonyl (C=O) groups excluding carboxylic acids is 1. The van der Waals surface area contributed by atoms with E-state index in [0.717, 1.165) is 23.3 Å². The van der Waals surface area contributed by atoms with Crippen LogP contribution in [0.15, 0.2) is 53.1 Å². The van der Waals surface area contributed by atoms with E-state index >= 15 is 0 Å². The van der Waals surface area contributed by atoms with E-state index in [9.17, 15) is 4.79 Å². The Labute approximate surface area is 170 Å². The van der Waals surface area contributed by atoms with E-state index in [0.29, 0.717) is 24.7 Å². The number of carbonyl (C=O) groups is 1. The molecule has 1 aromatic heterocycles. The van der Waals surface area contributed by atoms with Crippen molar-refractivity contribution in [3.05, 3.63) is 65.5 Å². The molecule has 0 radical (unpaired) electrons. The Kier molecular flexibility index (Phi) is 5.34. The summed E-state index contributed by atoms with van der Waals surface area (Å²) in [5.74, 6) is 1.94. The quantitative estimate of drug-likeness (QED) is 0.624. The molecule has 1 aliphatic heterocycles. The molecule has 2 unspecified atom stereocenters. The van der Waals surface area contributed by atoms with Crippen molar-refractivity contribution in [3.8, 4) is 17.2 Å². The minimum atomic E-state index is -0.0596. The number of hydrogen-bond donors (Lipinski definition) is 0. The fourth-order valence-corrected chi connectivity index (χ4v) is 3.74. The Morgan fingerprint density at radius 2 is 1.90 bits per heavy atom. The number of methoxy groups -OCH3 is 1. The van der Waals surface area contributed by atoms with E-state index in [1.54, 1.807) is 7.11 Å². The molecule has 1 aliphatic rings. The summed E-state index contributed by atoms with van der Waals surface area (Å²) in [5, 5.41) is 4.16. The van der Waals surface area contributed by atoms with Gasteiger partial charge in [0.05, 0.1) is 13.2 Å². The number of likely N-dealkylation sites (tertiary alicyclic amines) is 1. The average Bonchev–Trinajstić information content (AvgIpc) is 3.40. The normalized spacial score (nSPS) is 17.6. The number of benzene rings is 2. The first-order chi connectivity index (χ1) is 14.1. The molecule has 2 aromatic carbocycles. The molecule has 1 fully saturated rings. The predicted molar refractivity (Wildman–Crippen MR) is 110 cm³/mol. The lowest BCUT2D eigenvalue weighted by Crippen LogP contribution is -2.28. The molecule has 1 amide bonds. The number of ether oxygens (including phenoxy) is 1. The van der Waals surface area contributed by atoms with Gasteiger partial charge in [-0.2, -0.15) is 4.98 Å². The lowest BCUT2D eigenvalue weighted by Gasteiger charge is -2.25. The van der Waals surface area contributed by atoms with Gasteiger partial charge in [0.25, 0.3) is 5.89 Å². The van der Waals surface area contributed by atoms with Crippen LogP contribution in [0.4, 0.5) is 0 Å². The molecular weight excluding hydrogens is 366 g/mol. The van der Waals surface area contributed by atoms with E-state index in [4.69, 9.17) is 9.26 Å². The molecular formula is C23H25N3O3. The fourth-order valence-electron chi connectivity index (χ4n) is 3.74. The van der Waals surface area contributed by atoms with E-state index in [1.165, 1.54) is 5.56 Å². The van der Waals surface area contributed by atoms with Crippen LogP contribution < -0.4 is 4.74 Å². The minimum absolute atomic E-state index is 0.0219. The molecule has 29 heavy (non-hydrogen) atoms. The van der Waals surface area contributed by atoms with Crippen molar-refractivity contribution in [1.82, 2.24) is 15.0 Å². The molecule has 2 heterocycles. The molecule has 2 atom stereocenters. The molecule has 1 saturated heterocycles. The Hall–Kier alpha value is -3.15. The van der Waals surface area contributed by atoms with E-state index in [2.05, 4.69) is 29.2 Å². The molecule has 0 N–H and O–H groups in total. The van der Waals surface area contributed by atoms with Gasteiger partial charge in [0.2, 0.25) is 5.91 Å². The van der Waals surface area contributed by atoms with Crippen LogP contribution in [0.25, 0.3) is 11.5 Å². The maximum atomic E-state index is 12.7. The van der Waals surface area contributed by atoms with Gasteiger partial charge in [-0.3, -0.25) is 4.79 Å². The summed E-state index contributed by atoms with van der Waals surface area (Å²) in [6.07, 6.45) is 1.38. The Morgan fingerprint density at radius 3 is 2.55 bits per heavy atom. The van der Waals surface area contributed by atoms with Crippen molar-refractivity contribution in [2.45, 2.75) is 38.6 Å². The highest BCUT2D eigenvalue weighted by molar-refractivity contribution is 5.80. The first-order valence-corrected chi connectivity index (χ1v) is 9.95. The monoisotopic (exact) mass is 391 g/mol. The number of rotatable bonds is 6. The van der Waals surface area contributed by atoms with Gasteiger partial charge in [0.1, 0.15) is 5.75 Å². The lowest BCUT2D eigenvalue weighted by molar-refractivity contribution is -0.129. The number of hydrogen-bond acceptors (Lipinski definition) is 5. The van der Waals surface area contributed by atoms with E-state index in [-0.39, 0.29) is 17.9 Å². The largest absolute Gasteiger partial charge is 0.497 e. The summed E-state index contributed by atoms with van der Waals surface area (Å²) in [6.45, 7) is 4.74. The van der Waals surface area contributed by atoms with Crippen molar-refractivity contribution in [3.63, 3.8) is 0 Å². The van der Waals surface area contributed by atoms with Crippen molar-refractivity contribution < 1.29 is 14.1 Å². The van der Waals surface area contributed by atoms with Crippen LogP contribution in [0.1, 0.15) is 49.2 Å². The molecule has 6 nitrogen and oxygen atoms in total. The van der Waals surface area contributed by atoms with Gasteiger partial charge in [-0.25, -0.2) is 0 Å². The zero-order valence-electron chi connectivity index (χ0n) is 17.0. The van der Waals surface area contributed by atoms with Crippen LogP contribution in [0.5, 0.6) is 5.75 Å². The highest BCUT2D eigenvalue weighted by Crippen LogP contribution is 2.34. The van der Waals surface area contributed by atoms with Crippen LogP contribution >= 0.6 is 0 Å². The SMILES string of the molecule is CCc1ccc(-c2nc(C3CC(=O)N(C(C)c4ccc(OC)cc4)C3)no2)cc1. The molecule has 0 saturated carbocycles. The highest BCUT2D eigenvalue weighted by Gasteiger charge is 2.36. The van der Waals surface area contributed by atoms with E-state index in [1.807, 2.05) is 48.2 Å². The molecule has 0 spiro atoms. The van der Waals surface area contributed by atoms with Crippen molar-refractivity contribution >= 4 is 5.91 Å². The summed E-state index contributed by atoms with van der Waals surface area (Å²) in [7, 11) is 1.64. The molecule has 3 aromatic rings. The van der Waals surface area contributed by atoms with Crippen LogP contribution in [0, 0.1) is 0 Å². The van der Waals surface area contributed by atoms with Crippen molar-refractivity contribution in [1.29, 1.82) is 0 Å². The van der Waals surface area contributed by atoms with Crippen molar-refractivity contribution in [2.24, 2.45) is 0 Å². The first-order valence-electron chi connectivity index (χ1n) is 9.95. The maximum Gasteiger partial charge on any atom is 0.257 e. The molecule has 0 aliphatic carbocycles. The van der Waals surface area contributed by atoms with Gasteiger partial charge >= 0.3 is 0 Å². The maximum absolute atomic E-state index is 12.7. The number of aromatic nitrogens is 2. The lowest BCUT2D eigenvalue weighted by atomic mass is 10.1. The van der Waals surface area contributed by atoms with Gasteiger partial charge in [-0.1, -0.05) is 36.3 Å². The minimum Gasteiger partial charge on any atom is -0.497 e. The predicted octanol–water partition coefficient (Wildman–Crippen LogP) is 4.38. The number of aryl methyl sites for hydroxylation is 1. The third kappa shape index (κ3) is 3.88.